The van der Waals surface area contributed by atoms with Crippen molar-refractivity contribution in [3.63, 3.8) is 0 Å². The highest BCUT2D eigenvalue weighted by atomic mass is 19.4. The van der Waals surface area contributed by atoms with Gasteiger partial charge in [-0.3, -0.25) is 14.6 Å². The highest BCUT2D eigenvalue weighted by molar-refractivity contribution is 6.13. The molecular formula is C27H32F3N5O5. The molecule has 0 atom stereocenters. The lowest BCUT2D eigenvalue weighted by Crippen LogP contribution is -2.43. The largest absolute Gasteiger partial charge is 0.573 e. The van der Waals surface area contributed by atoms with Gasteiger partial charge in [0, 0.05) is 19.7 Å². The zero-order valence-corrected chi connectivity index (χ0v) is 22.1. The van der Waals surface area contributed by atoms with Gasteiger partial charge in [0.25, 0.3) is 5.91 Å². The monoisotopic (exact) mass is 563 g/mol. The van der Waals surface area contributed by atoms with Crippen LogP contribution in [0.3, 0.4) is 0 Å². The maximum Gasteiger partial charge on any atom is 0.573 e. The Morgan fingerprint density at radius 2 is 1.85 bits per heavy atom. The van der Waals surface area contributed by atoms with Crippen LogP contribution in [0, 0.1) is 0 Å². The Morgan fingerprint density at radius 3 is 2.60 bits per heavy atom. The Hall–Kier alpha value is -3.16. The molecule has 4 aliphatic rings. The van der Waals surface area contributed by atoms with Crippen molar-refractivity contribution in [3.05, 3.63) is 35.0 Å². The smallest absolute Gasteiger partial charge is 0.461 e. The fourth-order valence-electron chi connectivity index (χ4n) is 6.35. The number of aliphatic hydroxyl groups is 1. The van der Waals surface area contributed by atoms with E-state index in [0.717, 1.165) is 51.3 Å². The summed E-state index contributed by atoms with van der Waals surface area (Å²) in [4.78, 5) is 28.7. The second-order valence-corrected chi connectivity index (χ2v) is 10.7. The van der Waals surface area contributed by atoms with Gasteiger partial charge in [-0.2, -0.15) is 9.97 Å². The van der Waals surface area contributed by atoms with E-state index in [4.69, 9.17) is 14.5 Å². The van der Waals surface area contributed by atoms with Crippen LogP contribution in [0.1, 0.15) is 53.7 Å². The minimum atomic E-state index is -4.96. The summed E-state index contributed by atoms with van der Waals surface area (Å²) >= 11 is 0. The summed E-state index contributed by atoms with van der Waals surface area (Å²) in [5.74, 6) is -0.691. The predicted molar refractivity (Wildman–Crippen MR) is 138 cm³/mol. The van der Waals surface area contributed by atoms with Crippen molar-refractivity contribution in [2.45, 2.75) is 57.2 Å². The molecule has 5 heterocycles. The Bertz CT molecular complexity index is 1260. The second-order valence-electron chi connectivity index (χ2n) is 10.7. The number of aromatic nitrogens is 2. The fraction of sp³-hybridized carbons (Fsp3) is 0.593. The third kappa shape index (κ3) is 5.17. The van der Waals surface area contributed by atoms with Gasteiger partial charge >= 0.3 is 12.4 Å². The zero-order valence-electron chi connectivity index (χ0n) is 22.1. The van der Waals surface area contributed by atoms with Crippen molar-refractivity contribution >= 4 is 17.4 Å². The lowest BCUT2D eigenvalue weighted by atomic mass is 9.95. The van der Waals surface area contributed by atoms with Crippen molar-refractivity contribution in [2.75, 3.05) is 55.8 Å². The topological polar surface area (TPSA) is 100 Å². The molecule has 1 aromatic heterocycles. The molecule has 10 nitrogen and oxygen atoms in total. The van der Waals surface area contributed by atoms with Gasteiger partial charge in [0.15, 0.2) is 5.75 Å². The maximum absolute atomic E-state index is 13.8. The summed E-state index contributed by atoms with van der Waals surface area (Å²) in [6.45, 7) is 4.15. The number of aliphatic hydroxyl groups excluding tert-OH is 1. The number of halogens is 3. The molecule has 1 N–H and O–H groups in total. The van der Waals surface area contributed by atoms with Gasteiger partial charge in [0.2, 0.25) is 0 Å². The third-order valence-corrected chi connectivity index (χ3v) is 8.24. The third-order valence-electron chi connectivity index (χ3n) is 8.24. The Balaban J connectivity index is 1.36. The van der Waals surface area contributed by atoms with Crippen molar-refractivity contribution < 1.29 is 37.3 Å². The molecule has 0 saturated carbocycles. The molecule has 1 amide bonds. The van der Waals surface area contributed by atoms with E-state index in [1.165, 1.54) is 17.0 Å². The van der Waals surface area contributed by atoms with Crippen molar-refractivity contribution in [3.8, 4) is 11.8 Å². The number of fused-ring (bicyclic) bond motifs is 2. The summed E-state index contributed by atoms with van der Waals surface area (Å²) in [6, 6.07) is 3.90. The number of benzene rings is 1. The van der Waals surface area contributed by atoms with Crippen molar-refractivity contribution in [1.29, 1.82) is 0 Å². The fourth-order valence-corrected chi connectivity index (χ4v) is 6.35. The lowest BCUT2D eigenvalue weighted by Gasteiger charge is -2.31. The van der Waals surface area contributed by atoms with Gasteiger partial charge < -0.3 is 24.2 Å². The molecule has 1 aromatic carbocycles. The number of ether oxygens (including phenoxy) is 3. The second kappa shape index (κ2) is 10.7. The van der Waals surface area contributed by atoms with Gasteiger partial charge in [-0.05, 0) is 62.9 Å². The van der Waals surface area contributed by atoms with Gasteiger partial charge in [-0.1, -0.05) is 6.07 Å². The first-order valence-corrected chi connectivity index (χ1v) is 13.7. The SMILES string of the molecule is O=C1c2c(nc(OCC34CCCN3CCC4)nc2N2CCCOCC2)CN1c1cc(CO)ccc1OC(F)(F)F. The minimum absolute atomic E-state index is 0.0323. The van der Waals surface area contributed by atoms with E-state index in [1.54, 1.807) is 0 Å². The molecule has 0 bridgehead atoms. The van der Waals surface area contributed by atoms with Gasteiger partial charge in [-0.15, -0.1) is 13.2 Å². The first kappa shape index (κ1) is 27.0. The Morgan fingerprint density at radius 1 is 1.05 bits per heavy atom. The van der Waals surface area contributed by atoms with Crippen LogP contribution in [0.4, 0.5) is 24.7 Å². The van der Waals surface area contributed by atoms with E-state index in [-0.39, 0.29) is 29.3 Å². The molecule has 0 aliphatic carbocycles. The van der Waals surface area contributed by atoms with Crippen LogP contribution >= 0.6 is 0 Å². The Labute approximate surface area is 229 Å². The molecule has 40 heavy (non-hydrogen) atoms. The van der Waals surface area contributed by atoms with Gasteiger partial charge in [0.05, 0.1) is 36.7 Å². The van der Waals surface area contributed by atoms with Gasteiger partial charge in [0.1, 0.15) is 18.0 Å². The van der Waals surface area contributed by atoms with E-state index in [2.05, 4.69) is 14.6 Å². The molecular weight excluding hydrogens is 531 g/mol. The summed E-state index contributed by atoms with van der Waals surface area (Å²) in [6.07, 6.45) is 0.0929. The number of carbonyl (C=O) groups is 1. The van der Waals surface area contributed by atoms with Crippen LogP contribution in [0.5, 0.6) is 11.8 Å². The molecule has 3 saturated heterocycles. The number of nitrogens with zero attached hydrogens (tertiary/aromatic N) is 5. The average Bonchev–Trinajstić information content (AvgIpc) is 3.52. The first-order chi connectivity index (χ1) is 19.3. The summed E-state index contributed by atoms with van der Waals surface area (Å²) in [7, 11) is 0. The minimum Gasteiger partial charge on any atom is -0.461 e. The summed E-state index contributed by atoms with van der Waals surface area (Å²) < 4.78 is 55.7. The molecule has 2 aromatic rings. The lowest BCUT2D eigenvalue weighted by molar-refractivity contribution is -0.274. The zero-order chi connectivity index (χ0) is 27.9. The van der Waals surface area contributed by atoms with Crippen LogP contribution in [0.2, 0.25) is 0 Å². The normalized spacial score (nSPS) is 20.9. The number of alkyl halides is 3. The molecule has 4 aliphatic heterocycles. The number of carbonyl (C=O) groups excluding carboxylic acids is 1. The van der Waals surface area contributed by atoms with E-state index in [9.17, 15) is 23.1 Å². The van der Waals surface area contributed by atoms with Crippen LogP contribution in [-0.4, -0.2) is 83.8 Å². The molecule has 0 radical (unpaired) electrons. The molecule has 6 rings (SSSR count). The van der Waals surface area contributed by atoms with Crippen molar-refractivity contribution in [2.24, 2.45) is 0 Å². The molecule has 216 valence electrons. The summed E-state index contributed by atoms with van der Waals surface area (Å²) in [5, 5.41) is 9.63. The molecule has 0 spiro atoms. The number of hydrogen-bond acceptors (Lipinski definition) is 9. The average molecular weight is 564 g/mol. The molecule has 0 unspecified atom stereocenters. The standard InChI is InChI=1S/C27H32F3N5O5/c28-27(29,30)40-21-5-4-18(16-36)14-20(21)35-15-19-22(24(35)37)23(33-8-3-12-38-13-11-33)32-25(31-19)39-17-26-6-1-9-34(26)10-2-7-26/h4-5,14,36H,1-3,6-13,15-17H2. The van der Waals surface area contributed by atoms with Crippen LogP contribution in [0.25, 0.3) is 0 Å². The molecule has 13 heteroatoms. The number of anilines is 2. The Kier molecular flexibility index (Phi) is 7.21. The van der Waals surface area contributed by atoms with E-state index in [0.29, 0.717) is 50.0 Å². The number of amides is 1. The summed E-state index contributed by atoms with van der Waals surface area (Å²) in [5.41, 5.74) is 0.795. The maximum atomic E-state index is 13.8. The van der Waals surface area contributed by atoms with Crippen LogP contribution < -0.4 is 19.3 Å². The van der Waals surface area contributed by atoms with E-state index < -0.39 is 24.6 Å². The van der Waals surface area contributed by atoms with E-state index >= 15 is 0 Å². The van der Waals surface area contributed by atoms with Crippen LogP contribution in [0.15, 0.2) is 18.2 Å². The highest BCUT2D eigenvalue weighted by Gasteiger charge is 2.45. The van der Waals surface area contributed by atoms with Crippen molar-refractivity contribution in [1.82, 2.24) is 14.9 Å². The molecule has 3 fully saturated rings. The quantitative estimate of drug-likeness (QED) is 0.544. The number of hydrogen-bond donors (Lipinski definition) is 1. The first-order valence-electron chi connectivity index (χ1n) is 13.7. The number of rotatable bonds is 7. The van der Waals surface area contributed by atoms with Crippen LogP contribution in [-0.2, 0) is 17.9 Å². The highest BCUT2D eigenvalue weighted by Crippen LogP contribution is 2.42. The van der Waals surface area contributed by atoms with Gasteiger partial charge in [-0.25, -0.2) is 0 Å². The predicted octanol–water partition coefficient (Wildman–Crippen LogP) is 3.26. The van der Waals surface area contributed by atoms with E-state index in [1.807, 2.05) is 4.90 Å².